The second-order valence-electron chi connectivity index (χ2n) is 6.14. The second kappa shape index (κ2) is 6.91. The van der Waals surface area contributed by atoms with E-state index in [1.165, 1.54) is 0 Å². The molecule has 0 unspecified atom stereocenters. The van der Waals surface area contributed by atoms with Crippen LogP contribution in [0.1, 0.15) is 25.3 Å². The number of aromatic nitrogens is 3. The number of pyridine rings is 1. The number of rotatable bonds is 6. The van der Waals surface area contributed by atoms with Gasteiger partial charge in [0.25, 0.3) is 0 Å². The van der Waals surface area contributed by atoms with Crippen LogP contribution in [0.5, 0.6) is 0 Å². The van der Waals surface area contributed by atoms with Crippen LogP contribution in [0.25, 0.3) is 11.3 Å². The van der Waals surface area contributed by atoms with Crippen molar-refractivity contribution in [2.24, 2.45) is 7.05 Å². The lowest BCUT2D eigenvalue weighted by atomic mass is 10.1. The fourth-order valence-electron chi connectivity index (χ4n) is 3.00. The summed E-state index contributed by atoms with van der Waals surface area (Å²) < 4.78 is 1.83. The maximum Gasteiger partial charge on any atom is 0.222 e. The molecule has 1 aliphatic rings. The predicted octanol–water partition coefficient (Wildman–Crippen LogP) is 1.58. The molecule has 2 aromatic heterocycles. The van der Waals surface area contributed by atoms with E-state index in [1.54, 1.807) is 12.4 Å². The third-order valence-electron chi connectivity index (χ3n) is 4.16. The molecule has 122 valence electrons. The van der Waals surface area contributed by atoms with Crippen molar-refractivity contribution in [3.8, 4) is 11.3 Å². The lowest BCUT2D eigenvalue weighted by Gasteiger charge is -2.21. The van der Waals surface area contributed by atoms with Gasteiger partial charge < -0.3 is 10.2 Å². The van der Waals surface area contributed by atoms with Crippen LogP contribution < -0.4 is 5.32 Å². The van der Waals surface area contributed by atoms with Gasteiger partial charge in [0.2, 0.25) is 5.91 Å². The molecule has 0 bridgehead atoms. The van der Waals surface area contributed by atoms with Gasteiger partial charge in [0, 0.05) is 68.9 Å². The fraction of sp³-hybridized carbons (Fsp3) is 0.471. The van der Waals surface area contributed by atoms with Crippen LogP contribution in [0.4, 0.5) is 0 Å². The highest BCUT2D eigenvalue weighted by Crippen LogP contribution is 2.21. The Morgan fingerprint density at radius 3 is 2.83 bits per heavy atom. The number of hydrogen-bond donors (Lipinski definition) is 1. The van der Waals surface area contributed by atoms with Crippen molar-refractivity contribution in [1.29, 1.82) is 0 Å². The average molecular weight is 313 g/mol. The molecule has 0 spiro atoms. The molecule has 1 amide bonds. The van der Waals surface area contributed by atoms with Gasteiger partial charge in [-0.15, -0.1) is 0 Å². The molecule has 1 N–H and O–H groups in total. The molecular weight excluding hydrogens is 290 g/mol. The summed E-state index contributed by atoms with van der Waals surface area (Å²) >= 11 is 0. The third kappa shape index (κ3) is 3.76. The summed E-state index contributed by atoms with van der Waals surface area (Å²) in [5, 5.41) is 8.07. The quantitative estimate of drug-likeness (QED) is 0.879. The van der Waals surface area contributed by atoms with Gasteiger partial charge in [-0.05, 0) is 25.5 Å². The number of aryl methyl sites for hydroxylation is 1. The zero-order chi connectivity index (χ0) is 16.2. The number of likely N-dealkylation sites (tertiary alicyclic amines) is 1. The standard InChI is InChI=1S/C17H23N5O/c1-13(11-22-9-3-4-16(22)23)19-10-15-12-21(2)20-17(15)14-5-7-18-8-6-14/h5-8,12-13,19H,3-4,9-11H2,1-2H3/t13-/m1/s1. The molecule has 0 aliphatic carbocycles. The largest absolute Gasteiger partial charge is 0.341 e. The molecule has 23 heavy (non-hydrogen) atoms. The highest BCUT2D eigenvalue weighted by molar-refractivity contribution is 5.78. The summed E-state index contributed by atoms with van der Waals surface area (Å²) in [5.41, 5.74) is 3.20. The Kier molecular flexibility index (Phi) is 4.71. The summed E-state index contributed by atoms with van der Waals surface area (Å²) in [5.74, 6) is 0.275. The van der Waals surface area contributed by atoms with Gasteiger partial charge in [0.1, 0.15) is 0 Å². The minimum absolute atomic E-state index is 0.252. The van der Waals surface area contributed by atoms with Crippen LogP contribution in [0.2, 0.25) is 0 Å². The van der Waals surface area contributed by atoms with Gasteiger partial charge in [-0.1, -0.05) is 0 Å². The van der Waals surface area contributed by atoms with Crippen LogP contribution >= 0.6 is 0 Å². The molecule has 1 saturated heterocycles. The van der Waals surface area contributed by atoms with Crippen LogP contribution in [0.15, 0.2) is 30.7 Å². The number of carbonyl (C=O) groups is 1. The highest BCUT2D eigenvalue weighted by Gasteiger charge is 2.21. The molecule has 3 heterocycles. The Bertz CT molecular complexity index is 667. The topological polar surface area (TPSA) is 63.1 Å². The van der Waals surface area contributed by atoms with Crippen molar-refractivity contribution in [3.63, 3.8) is 0 Å². The van der Waals surface area contributed by atoms with E-state index in [2.05, 4.69) is 22.3 Å². The van der Waals surface area contributed by atoms with Crippen molar-refractivity contribution < 1.29 is 4.79 Å². The van der Waals surface area contributed by atoms with E-state index in [9.17, 15) is 4.79 Å². The summed E-state index contributed by atoms with van der Waals surface area (Å²) in [4.78, 5) is 17.7. The van der Waals surface area contributed by atoms with E-state index in [0.717, 1.165) is 42.9 Å². The number of nitrogens with one attached hydrogen (secondary N) is 1. The molecular formula is C17H23N5O. The molecule has 6 nitrogen and oxygen atoms in total. The smallest absolute Gasteiger partial charge is 0.222 e. The Labute approximate surface area is 136 Å². The molecule has 3 rings (SSSR count). The lowest BCUT2D eigenvalue weighted by Crippen LogP contribution is -2.39. The van der Waals surface area contributed by atoms with Gasteiger partial charge in [-0.25, -0.2) is 0 Å². The first-order chi connectivity index (χ1) is 11.1. The molecule has 2 aromatic rings. The van der Waals surface area contributed by atoms with Crippen molar-refractivity contribution in [2.45, 2.75) is 32.4 Å². The predicted molar refractivity (Wildman–Crippen MR) is 88.6 cm³/mol. The number of nitrogens with zero attached hydrogens (tertiary/aromatic N) is 4. The Morgan fingerprint density at radius 1 is 1.35 bits per heavy atom. The third-order valence-corrected chi connectivity index (χ3v) is 4.16. The first-order valence-corrected chi connectivity index (χ1v) is 8.07. The van der Waals surface area contributed by atoms with Crippen molar-refractivity contribution >= 4 is 5.91 Å². The Morgan fingerprint density at radius 2 is 2.13 bits per heavy atom. The summed E-state index contributed by atoms with van der Waals surface area (Å²) in [6.07, 6.45) is 7.28. The van der Waals surface area contributed by atoms with E-state index in [0.29, 0.717) is 6.42 Å². The molecule has 1 fully saturated rings. The number of carbonyl (C=O) groups excluding carboxylic acids is 1. The van der Waals surface area contributed by atoms with Crippen LogP contribution in [0.3, 0.4) is 0 Å². The fourth-order valence-corrected chi connectivity index (χ4v) is 3.00. The van der Waals surface area contributed by atoms with Crippen molar-refractivity contribution in [3.05, 3.63) is 36.3 Å². The maximum atomic E-state index is 11.7. The van der Waals surface area contributed by atoms with Crippen LogP contribution in [-0.2, 0) is 18.4 Å². The summed E-state index contributed by atoms with van der Waals surface area (Å²) in [7, 11) is 1.93. The monoisotopic (exact) mass is 313 g/mol. The molecule has 0 radical (unpaired) electrons. The van der Waals surface area contributed by atoms with Crippen molar-refractivity contribution in [1.82, 2.24) is 25.0 Å². The van der Waals surface area contributed by atoms with Gasteiger partial charge in [0.05, 0.1) is 5.69 Å². The summed E-state index contributed by atoms with van der Waals surface area (Å²) in [6, 6.07) is 4.19. The van der Waals surface area contributed by atoms with E-state index < -0.39 is 0 Å². The first-order valence-electron chi connectivity index (χ1n) is 8.07. The van der Waals surface area contributed by atoms with E-state index in [4.69, 9.17) is 0 Å². The average Bonchev–Trinajstić information content (AvgIpc) is 3.12. The zero-order valence-electron chi connectivity index (χ0n) is 13.7. The van der Waals surface area contributed by atoms with Crippen LogP contribution in [-0.4, -0.2) is 44.7 Å². The van der Waals surface area contributed by atoms with Gasteiger partial charge >= 0.3 is 0 Å². The minimum Gasteiger partial charge on any atom is -0.341 e. The lowest BCUT2D eigenvalue weighted by molar-refractivity contribution is -0.127. The number of amides is 1. The second-order valence-corrected chi connectivity index (χ2v) is 6.14. The molecule has 1 aliphatic heterocycles. The van der Waals surface area contributed by atoms with Gasteiger partial charge in [-0.2, -0.15) is 5.10 Å². The minimum atomic E-state index is 0.252. The molecule has 1 atom stereocenters. The molecule has 0 saturated carbocycles. The van der Waals surface area contributed by atoms with Crippen molar-refractivity contribution in [2.75, 3.05) is 13.1 Å². The van der Waals surface area contributed by atoms with Gasteiger partial charge in [0.15, 0.2) is 0 Å². The van der Waals surface area contributed by atoms with E-state index in [-0.39, 0.29) is 11.9 Å². The zero-order valence-corrected chi connectivity index (χ0v) is 13.7. The highest BCUT2D eigenvalue weighted by atomic mass is 16.2. The first kappa shape index (κ1) is 15.7. The van der Waals surface area contributed by atoms with Gasteiger partial charge in [-0.3, -0.25) is 14.5 Å². The van der Waals surface area contributed by atoms with E-state index >= 15 is 0 Å². The molecule has 0 aromatic carbocycles. The SMILES string of the molecule is C[C@H](CN1CCCC1=O)NCc1cn(C)nc1-c1ccncc1. The normalized spacial score (nSPS) is 16.1. The molecule has 6 heteroatoms. The maximum absolute atomic E-state index is 11.7. The van der Waals surface area contributed by atoms with Crippen LogP contribution in [0, 0.1) is 0 Å². The van der Waals surface area contributed by atoms with E-state index in [1.807, 2.05) is 35.0 Å². The Balaban J connectivity index is 1.63. The number of hydrogen-bond acceptors (Lipinski definition) is 4. The Hall–Kier alpha value is -2.21. The summed E-state index contributed by atoms with van der Waals surface area (Å²) in [6.45, 7) is 4.51.